The van der Waals surface area contributed by atoms with Gasteiger partial charge in [0.1, 0.15) is 5.75 Å². The predicted molar refractivity (Wildman–Crippen MR) is 92.4 cm³/mol. The Kier molecular flexibility index (Phi) is 9.90. The first-order valence-electron chi connectivity index (χ1n) is 8.02. The minimum absolute atomic E-state index is 0.202. The van der Waals surface area contributed by atoms with Crippen LogP contribution in [0.4, 0.5) is 0 Å². The molecule has 0 unspecified atom stereocenters. The lowest BCUT2D eigenvalue weighted by Crippen LogP contribution is -2.14. The van der Waals surface area contributed by atoms with Gasteiger partial charge in [0.15, 0.2) is 0 Å². The van der Waals surface area contributed by atoms with Crippen LogP contribution in [0.15, 0.2) is 12.1 Å². The normalized spacial score (nSPS) is 11.0. The number of rotatable bonds is 11. The summed E-state index contributed by atoms with van der Waals surface area (Å²) in [6, 6.07) is 3.22. The Morgan fingerprint density at radius 1 is 0.905 bits per heavy atom. The van der Waals surface area contributed by atoms with Crippen LogP contribution in [0.1, 0.15) is 63.9 Å². The maximum Gasteiger partial charge on any atom is 0.121 e. The third-order valence-electron chi connectivity index (χ3n) is 3.64. The SMILES string of the molecule is CCCCCCCCCCNCc1cc(Cl)c(Cl)cc1O. The number of halogens is 2. The fourth-order valence-electron chi connectivity index (χ4n) is 2.33. The second-order valence-electron chi connectivity index (χ2n) is 5.55. The van der Waals surface area contributed by atoms with Gasteiger partial charge in [-0.15, -0.1) is 0 Å². The molecule has 0 aliphatic carbocycles. The van der Waals surface area contributed by atoms with Gasteiger partial charge in [-0.3, -0.25) is 0 Å². The van der Waals surface area contributed by atoms with Crippen molar-refractivity contribution < 1.29 is 5.11 Å². The lowest BCUT2D eigenvalue weighted by atomic mass is 10.1. The predicted octanol–water partition coefficient (Wildman–Crippen LogP) is 5.93. The first-order valence-corrected chi connectivity index (χ1v) is 8.78. The molecule has 4 heteroatoms. The van der Waals surface area contributed by atoms with Gasteiger partial charge in [-0.1, -0.05) is 75.1 Å². The Hall–Kier alpha value is -0.440. The molecule has 0 fully saturated rings. The molecular formula is C17H27Cl2NO. The molecule has 0 amide bonds. The van der Waals surface area contributed by atoms with Crippen molar-refractivity contribution in [3.05, 3.63) is 27.7 Å². The fraction of sp³-hybridized carbons (Fsp3) is 0.647. The van der Waals surface area contributed by atoms with Gasteiger partial charge < -0.3 is 10.4 Å². The molecule has 0 saturated carbocycles. The summed E-state index contributed by atoms with van der Waals surface area (Å²) in [5.41, 5.74) is 0.795. The number of nitrogens with one attached hydrogen (secondary N) is 1. The number of unbranched alkanes of at least 4 members (excludes halogenated alkanes) is 7. The third-order valence-corrected chi connectivity index (χ3v) is 4.37. The van der Waals surface area contributed by atoms with Crippen LogP contribution in [0.25, 0.3) is 0 Å². The molecule has 2 nitrogen and oxygen atoms in total. The van der Waals surface area contributed by atoms with Gasteiger partial charge in [-0.05, 0) is 19.0 Å². The zero-order valence-electron chi connectivity index (χ0n) is 12.9. The van der Waals surface area contributed by atoms with Crippen LogP contribution < -0.4 is 5.32 Å². The van der Waals surface area contributed by atoms with E-state index in [0.717, 1.165) is 12.1 Å². The Bertz CT molecular complexity index is 410. The van der Waals surface area contributed by atoms with Crippen molar-refractivity contribution >= 4 is 23.2 Å². The monoisotopic (exact) mass is 331 g/mol. The van der Waals surface area contributed by atoms with E-state index in [9.17, 15) is 5.11 Å². The van der Waals surface area contributed by atoms with E-state index in [1.807, 2.05) is 0 Å². The summed E-state index contributed by atoms with van der Waals surface area (Å²) in [6.45, 7) is 3.84. The van der Waals surface area contributed by atoms with Crippen LogP contribution in [0.5, 0.6) is 5.75 Å². The van der Waals surface area contributed by atoms with E-state index in [-0.39, 0.29) is 5.75 Å². The largest absolute Gasteiger partial charge is 0.508 e. The van der Waals surface area contributed by atoms with Crippen LogP contribution in [0.2, 0.25) is 10.0 Å². The quantitative estimate of drug-likeness (QED) is 0.492. The lowest BCUT2D eigenvalue weighted by Gasteiger charge is -2.08. The highest BCUT2D eigenvalue weighted by atomic mass is 35.5. The molecule has 21 heavy (non-hydrogen) atoms. The molecule has 0 radical (unpaired) electrons. The molecule has 0 spiro atoms. The number of aromatic hydroxyl groups is 1. The van der Waals surface area contributed by atoms with Crippen molar-refractivity contribution in [2.24, 2.45) is 0 Å². The summed E-state index contributed by atoms with van der Waals surface area (Å²) in [5, 5.41) is 14.0. The summed E-state index contributed by atoms with van der Waals surface area (Å²) in [6.07, 6.45) is 10.6. The van der Waals surface area contributed by atoms with Crippen LogP contribution >= 0.6 is 23.2 Å². The second kappa shape index (κ2) is 11.2. The van der Waals surface area contributed by atoms with E-state index in [0.29, 0.717) is 16.6 Å². The zero-order valence-corrected chi connectivity index (χ0v) is 14.4. The van der Waals surface area contributed by atoms with Gasteiger partial charge in [-0.2, -0.15) is 0 Å². The molecule has 0 aromatic heterocycles. The molecule has 2 N–H and O–H groups in total. The standard InChI is InChI=1S/C17H27Cl2NO/c1-2-3-4-5-6-7-8-9-10-20-13-14-11-15(18)16(19)12-17(14)21/h11-12,20-21H,2-10,13H2,1H3. The highest BCUT2D eigenvalue weighted by Gasteiger charge is 2.05. The highest BCUT2D eigenvalue weighted by Crippen LogP contribution is 2.29. The van der Waals surface area contributed by atoms with Crippen molar-refractivity contribution in [2.45, 2.75) is 64.8 Å². The van der Waals surface area contributed by atoms with E-state index >= 15 is 0 Å². The van der Waals surface area contributed by atoms with Crippen molar-refractivity contribution in [3.8, 4) is 5.75 Å². The van der Waals surface area contributed by atoms with Gasteiger partial charge >= 0.3 is 0 Å². The Labute approximate surface area is 138 Å². The molecule has 0 aliphatic heterocycles. The maximum absolute atomic E-state index is 9.78. The molecule has 1 rings (SSSR count). The summed E-state index contributed by atoms with van der Waals surface area (Å²) in [4.78, 5) is 0. The Morgan fingerprint density at radius 3 is 2.14 bits per heavy atom. The molecule has 0 saturated heterocycles. The summed E-state index contributed by atoms with van der Waals surface area (Å²) < 4.78 is 0. The Balaban J connectivity index is 2.05. The molecule has 0 aliphatic rings. The minimum atomic E-state index is 0.202. The molecule has 0 atom stereocenters. The highest BCUT2D eigenvalue weighted by molar-refractivity contribution is 6.42. The zero-order chi connectivity index (χ0) is 15.5. The van der Waals surface area contributed by atoms with E-state index < -0.39 is 0 Å². The van der Waals surface area contributed by atoms with Crippen LogP contribution in [0.3, 0.4) is 0 Å². The van der Waals surface area contributed by atoms with Crippen molar-refractivity contribution in [2.75, 3.05) is 6.54 Å². The molecular weight excluding hydrogens is 305 g/mol. The number of hydrogen-bond donors (Lipinski definition) is 2. The van der Waals surface area contributed by atoms with E-state index in [1.54, 1.807) is 6.07 Å². The summed E-state index contributed by atoms with van der Waals surface area (Å²) in [7, 11) is 0. The maximum atomic E-state index is 9.78. The Morgan fingerprint density at radius 2 is 1.48 bits per heavy atom. The average molecular weight is 332 g/mol. The minimum Gasteiger partial charge on any atom is -0.508 e. The number of benzene rings is 1. The fourth-order valence-corrected chi connectivity index (χ4v) is 2.67. The number of phenols is 1. The molecule has 1 aromatic rings. The molecule has 0 heterocycles. The average Bonchev–Trinajstić information content (AvgIpc) is 2.46. The lowest BCUT2D eigenvalue weighted by molar-refractivity contribution is 0.463. The van der Waals surface area contributed by atoms with Gasteiger partial charge in [-0.25, -0.2) is 0 Å². The number of hydrogen-bond acceptors (Lipinski definition) is 2. The van der Waals surface area contributed by atoms with Gasteiger partial charge in [0.2, 0.25) is 0 Å². The van der Waals surface area contributed by atoms with Gasteiger partial charge in [0.05, 0.1) is 10.0 Å². The van der Waals surface area contributed by atoms with Crippen molar-refractivity contribution in [3.63, 3.8) is 0 Å². The van der Waals surface area contributed by atoms with Crippen molar-refractivity contribution in [1.82, 2.24) is 5.32 Å². The van der Waals surface area contributed by atoms with E-state index in [1.165, 1.54) is 57.4 Å². The molecule has 120 valence electrons. The summed E-state index contributed by atoms with van der Waals surface area (Å²) >= 11 is 11.8. The van der Waals surface area contributed by atoms with Gasteiger partial charge in [0.25, 0.3) is 0 Å². The summed E-state index contributed by atoms with van der Waals surface area (Å²) in [5.74, 6) is 0.202. The number of phenolic OH excluding ortho intramolecular Hbond substituents is 1. The van der Waals surface area contributed by atoms with Gasteiger partial charge in [0, 0.05) is 18.2 Å². The smallest absolute Gasteiger partial charge is 0.121 e. The van der Waals surface area contributed by atoms with Crippen molar-refractivity contribution in [1.29, 1.82) is 0 Å². The first-order chi connectivity index (χ1) is 10.1. The van der Waals surface area contributed by atoms with Crippen LogP contribution in [-0.2, 0) is 6.54 Å². The topological polar surface area (TPSA) is 32.3 Å². The van der Waals surface area contributed by atoms with E-state index in [4.69, 9.17) is 23.2 Å². The third kappa shape index (κ3) is 7.94. The molecule has 0 bridgehead atoms. The van der Waals surface area contributed by atoms with Crippen LogP contribution in [-0.4, -0.2) is 11.7 Å². The second-order valence-corrected chi connectivity index (χ2v) is 6.36. The molecule has 1 aromatic carbocycles. The van der Waals surface area contributed by atoms with Crippen LogP contribution in [0, 0.1) is 0 Å². The first kappa shape index (κ1) is 18.6. The van der Waals surface area contributed by atoms with E-state index in [2.05, 4.69) is 12.2 Å².